The summed E-state index contributed by atoms with van der Waals surface area (Å²) < 4.78 is 46.1. The van der Waals surface area contributed by atoms with Crippen molar-refractivity contribution in [1.29, 1.82) is 0 Å². The maximum Gasteiger partial charge on any atom is 0.416 e. The van der Waals surface area contributed by atoms with E-state index in [0.29, 0.717) is 30.6 Å². The Kier molecular flexibility index (Phi) is 5.09. The van der Waals surface area contributed by atoms with Gasteiger partial charge in [0.1, 0.15) is 6.10 Å². The van der Waals surface area contributed by atoms with Crippen LogP contribution in [0.5, 0.6) is 0 Å². The number of aromatic nitrogens is 1. The van der Waals surface area contributed by atoms with E-state index in [1.807, 2.05) is 17.6 Å². The summed E-state index contributed by atoms with van der Waals surface area (Å²) in [5.74, 6) is -0.420. The van der Waals surface area contributed by atoms with E-state index in [4.69, 9.17) is 4.74 Å². The number of halogens is 3. The maximum atomic E-state index is 13.0. The molecule has 3 rings (SSSR count). The monoisotopic (exact) mass is 367 g/mol. The van der Waals surface area contributed by atoms with E-state index in [9.17, 15) is 23.1 Å². The molecule has 2 heterocycles. The third-order valence-corrected chi connectivity index (χ3v) is 4.59. The summed E-state index contributed by atoms with van der Waals surface area (Å²) in [6, 6.07) is 8.85. The molecular weight excluding hydrogens is 347 g/mol. The normalized spacial score (nSPS) is 20.9. The number of carbonyl (C=O) groups is 1. The highest BCUT2D eigenvalue weighted by atomic mass is 19.4. The van der Waals surface area contributed by atoms with Gasteiger partial charge in [-0.25, -0.2) is 0 Å². The van der Waals surface area contributed by atoms with Gasteiger partial charge in [0.15, 0.2) is 0 Å². The first kappa shape index (κ1) is 18.5. The Morgan fingerprint density at radius 2 is 2.04 bits per heavy atom. The molecule has 0 aliphatic carbocycles. The van der Waals surface area contributed by atoms with Gasteiger partial charge in [-0.3, -0.25) is 4.79 Å². The smallest absolute Gasteiger partial charge is 0.416 e. The van der Waals surface area contributed by atoms with Crippen molar-refractivity contribution in [2.24, 2.45) is 0 Å². The predicted molar refractivity (Wildman–Crippen MR) is 89.3 cm³/mol. The first-order valence-electron chi connectivity index (χ1n) is 8.45. The van der Waals surface area contributed by atoms with Crippen molar-refractivity contribution in [3.8, 4) is 11.3 Å². The quantitative estimate of drug-likeness (QED) is 0.833. The van der Waals surface area contributed by atoms with E-state index >= 15 is 0 Å². The Labute approximate surface area is 149 Å². The topological polar surface area (TPSA) is 51.5 Å². The first-order chi connectivity index (χ1) is 12.2. The van der Waals surface area contributed by atoms with Crippen LogP contribution < -0.4 is 0 Å². The van der Waals surface area contributed by atoms with Gasteiger partial charge in [-0.05, 0) is 36.8 Å². The van der Waals surface area contributed by atoms with Crippen molar-refractivity contribution in [3.05, 3.63) is 47.7 Å². The van der Waals surface area contributed by atoms with E-state index in [1.165, 1.54) is 6.07 Å². The second kappa shape index (κ2) is 7.15. The lowest BCUT2D eigenvalue weighted by Crippen LogP contribution is -2.33. The van der Waals surface area contributed by atoms with Crippen LogP contribution in [-0.2, 0) is 22.3 Å². The van der Waals surface area contributed by atoms with Crippen molar-refractivity contribution in [2.45, 2.75) is 51.1 Å². The molecule has 4 nitrogen and oxygen atoms in total. The van der Waals surface area contributed by atoms with Crippen molar-refractivity contribution in [3.63, 3.8) is 0 Å². The minimum absolute atomic E-state index is 0.00846. The number of nitrogens with zero attached hydrogens (tertiary/aromatic N) is 1. The summed E-state index contributed by atoms with van der Waals surface area (Å²) in [7, 11) is 0. The highest BCUT2D eigenvalue weighted by molar-refractivity contribution is 5.71. The van der Waals surface area contributed by atoms with Gasteiger partial charge < -0.3 is 14.4 Å². The Bertz CT molecular complexity index is 798. The molecule has 0 unspecified atom stereocenters. The fraction of sp³-hybridized carbons (Fsp3) is 0.421. The summed E-state index contributed by atoms with van der Waals surface area (Å²) in [6.07, 6.45) is -4.60. The molecule has 0 saturated carbocycles. The molecule has 1 N–H and O–H groups in total. The summed E-state index contributed by atoms with van der Waals surface area (Å²) in [6.45, 7) is 2.36. The zero-order valence-corrected chi connectivity index (χ0v) is 14.3. The van der Waals surface area contributed by atoms with Crippen molar-refractivity contribution in [2.75, 3.05) is 0 Å². The fourth-order valence-electron chi connectivity index (χ4n) is 3.28. The molecule has 2 atom stereocenters. The van der Waals surface area contributed by atoms with Gasteiger partial charge in [0, 0.05) is 30.8 Å². The number of aryl methyl sites for hydroxylation is 1. The zero-order valence-electron chi connectivity index (χ0n) is 14.3. The number of esters is 1. The molecule has 140 valence electrons. The number of benzene rings is 1. The number of alkyl halides is 3. The number of carbonyl (C=O) groups excluding carboxylic acids is 1. The molecule has 1 aromatic heterocycles. The number of hydrogen-bond donors (Lipinski definition) is 1. The van der Waals surface area contributed by atoms with Crippen LogP contribution in [0.15, 0.2) is 36.4 Å². The van der Waals surface area contributed by atoms with E-state index in [1.54, 1.807) is 12.1 Å². The van der Waals surface area contributed by atoms with Crippen molar-refractivity contribution >= 4 is 5.97 Å². The highest BCUT2D eigenvalue weighted by Crippen LogP contribution is 2.33. The molecule has 0 radical (unpaired) electrons. The van der Waals surface area contributed by atoms with E-state index in [2.05, 4.69) is 0 Å². The summed E-state index contributed by atoms with van der Waals surface area (Å²) >= 11 is 0. The third kappa shape index (κ3) is 4.09. The molecule has 7 heteroatoms. The minimum atomic E-state index is -4.39. The first-order valence-corrected chi connectivity index (χ1v) is 8.45. The van der Waals surface area contributed by atoms with Crippen molar-refractivity contribution in [1.82, 2.24) is 4.57 Å². The van der Waals surface area contributed by atoms with Gasteiger partial charge in [0.2, 0.25) is 0 Å². The molecule has 26 heavy (non-hydrogen) atoms. The van der Waals surface area contributed by atoms with Crippen molar-refractivity contribution < 1.29 is 27.8 Å². The molecule has 1 aliphatic rings. The number of ether oxygens (including phenoxy) is 1. The molecular formula is C19H20F3NO3. The number of aliphatic hydroxyl groups excluding tert-OH is 1. The van der Waals surface area contributed by atoms with E-state index in [-0.39, 0.29) is 12.5 Å². The summed E-state index contributed by atoms with van der Waals surface area (Å²) in [4.78, 5) is 11.4. The van der Waals surface area contributed by atoms with Crippen LogP contribution in [-0.4, -0.2) is 27.9 Å². The minimum Gasteiger partial charge on any atom is -0.462 e. The van der Waals surface area contributed by atoms with Crippen LogP contribution in [0.1, 0.15) is 30.5 Å². The van der Waals surface area contributed by atoms with Gasteiger partial charge in [-0.1, -0.05) is 12.1 Å². The Hall–Kier alpha value is -2.28. The van der Waals surface area contributed by atoms with Crippen LogP contribution in [0.4, 0.5) is 13.2 Å². The standard InChI is InChI=1S/C19H20F3NO3/c1-12-5-6-17(13-3-2-4-14(9-13)19(20,21)22)23(12)8-7-16-10-15(24)11-18(25)26-16/h2-6,9,15-16,24H,7-8,10-11H2,1H3/t15-,16-/m1/s1. The Balaban J connectivity index is 1.80. The fourth-order valence-corrected chi connectivity index (χ4v) is 3.28. The number of cyclic esters (lactones) is 1. The summed E-state index contributed by atoms with van der Waals surface area (Å²) in [5.41, 5.74) is 1.37. The SMILES string of the molecule is Cc1ccc(-c2cccc(C(F)(F)F)c2)n1CC[C@@H]1C[C@@H](O)CC(=O)O1. The van der Waals surface area contributed by atoms with Crippen LogP contribution >= 0.6 is 0 Å². The number of aliphatic hydroxyl groups is 1. The molecule has 1 aliphatic heterocycles. The number of rotatable bonds is 4. The van der Waals surface area contributed by atoms with Gasteiger partial charge in [0.25, 0.3) is 0 Å². The molecule has 1 saturated heterocycles. The highest BCUT2D eigenvalue weighted by Gasteiger charge is 2.31. The lowest BCUT2D eigenvalue weighted by atomic mass is 10.0. The molecule has 0 bridgehead atoms. The lowest BCUT2D eigenvalue weighted by Gasteiger charge is -2.26. The largest absolute Gasteiger partial charge is 0.462 e. The van der Waals surface area contributed by atoms with E-state index < -0.39 is 23.8 Å². The Morgan fingerprint density at radius 1 is 1.27 bits per heavy atom. The predicted octanol–water partition coefficient (Wildman–Crippen LogP) is 3.94. The molecule has 0 spiro atoms. The average Bonchev–Trinajstić information content (AvgIpc) is 2.92. The molecule has 1 fully saturated rings. The van der Waals surface area contributed by atoms with Gasteiger partial charge in [-0.15, -0.1) is 0 Å². The van der Waals surface area contributed by atoms with Gasteiger partial charge >= 0.3 is 12.1 Å². The van der Waals surface area contributed by atoms with E-state index in [0.717, 1.165) is 17.8 Å². The lowest BCUT2D eigenvalue weighted by molar-refractivity contribution is -0.160. The van der Waals surface area contributed by atoms with Crippen LogP contribution in [0.25, 0.3) is 11.3 Å². The second-order valence-corrected chi connectivity index (χ2v) is 6.58. The Morgan fingerprint density at radius 3 is 2.73 bits per heavy atom. The number of hydrogen-bond acceptors (Lipinski definition) is 3. The average molecular weight is 367 g/mol. The van der Waals surface area contributed by atoms with Crippen LogP contribution in [0.2, 0.25) is 0 Å². The maximum absolute atomic E-state index is 13.0. The molecule has 1 aromatic carbocycles. The van der Waals surface area contributed by atoms with Gasteiger partial charge in [0.05, 0.1) is 18.1 Å². The molecule has 2 aromatic rings. The van der Waals surface area contributed by atoms with Crippen LogP contribution in [0.3, 0.4) is 0 Å². The zero-order chi connectivity index (χ0) is 18.9. The van der Waals surface area contributed by atoms with Crippen LogP contribution in [0, 0.1) is 6.92 Å². The van der Waals surface area contributed by atoms with Gasteiger partial charge in [-0.2, -0.15) is 13.2 Å². The third-order valence-electron chi connectivity index (χ3n) is 4.59. The second-order valence-electron chi connectivity index (χ2n) is 6.58. The molecule has 0 amide bonds. The summed E-state index contributed by atoms with van der Waals surface area (Å²) in [5, 5.41) is 9.69.